The minimum absolute atomic E-state index is 0.0383. The first kappa shape index (κ1) is 14.1. The Kier molecular flexibility index (Phi) is 3.71. The zero-order valence-corrected chi connectivity index (χ0v) is 11.8. The van der Waals surface area contributed by atoms with E-state index >= 15 is 0 Å². The lowest BCUT2D eigenvalue weighted by atomic mass is 9.99. The maximum Gasteiger partial charge on any atom is 0.410 e. The van der Waals surface area contributed by atoms with Crippen molar-refractivity contribution in [2.45, 2.75) is 38.9 Å². The number of amides is 2. The first-order valence-electron chi connectivity index (χ1n) is 6.71. The number of hydrogen-bond donors (Lipinski definition) is 1. The molecule has 2 amide bonds. The molecule has 0 spiro atoms. The van der Waals surface area contributed by atoms with E-state index in [1.807, 2.05) is 20.8 Å². The molecule has 6 nitrogen and oxygen atoms in total. The molecule has 2 aliphatic heterocycles. The first-order chi connectivity index (χ1) is 8.76. The molecule has 0 saturated carbocycles. The second-order valence-electron chi connectivity index (χ2n) is 6.31. The summed E-state index contributed by atoms with van der Waals surface area (Å²) in [6.07, 6.45) is -0.113. The molecule has 2 fully saturated rings. The Morgan fingerprint density at radius 3 is 2.26 bits per heavy atom. The van der Waals surface area contributed by atoms with Crippen molar-refractivity contribution in [1.82, 2.24) is 9.80 Å². The van der Waals surface area contributed by atoms with Gasteiger partial charge in [0.15, 0.2) is 0 Å². The molecular weight excluding hydrogens is 248 g/mol. The quantitative estimate of drug-likeness (QED) is 0.751. The van der Waals surface area contributed by atoms with Gasteiger partial charge in [0, 0.05) is 26.2 Å². The van der Waals surface area contributed by atoms with E-state index in [1.54, 1.807) is 9.80 Å². The topological polar surface area (TPSA) is 70.1 Å². The Morgan fingerprint density at radius 1 is 1.16 bits per heavy atom. The lowest BCUT2D eigenvalue weighted by Crippen LogP contribution is -2.57. The fourth-order valence-electron chi connectivity index (χ4n) is 2.31. The van der Waals surface area contributed by atoms with Crippen LogP contribution in [0.25, 0.3) is 0 Å². The summed E-state index contributed by atoms with van der Waals surface area (Å²) in [6, 6.07) is 0. The maximum absolute atomic E-state index is 12.1. The fraction of sp³-hybridized carbons (Fsp3) is 0.846. The number of hydrogen-bond acceptors (Lipinski definition) is 4. The van der Waals surface area contributed by atoms with Crippen molar-refractivity contribution in [3.63, 3.8) is 0 Å². The summed E-state index contributed by atoms with van der Waals surface area (Å²) in [5.41, 5.74) is -0.509. The van der Waals surface area contributed by atoms with E-state index in [1.165, 1.54) is 0 Å². The molecular formula is C13H22N2O4. The summed E-state index contributed by atoms with van der Waals surface area (Å²) >= 11 is 0. The highest BCUT2D eigenvalue weighted by Crippen LogP contribution is 2.23. The van der Waals surface area contributed by atoms with Crippen LogP contribution in [-0.4, -0.2) is 64.8 Å². The molecule has 2 heterocycles. The van der Waals surface area contributed by atoms with Crippen LogP contribution >= 0.6 is 0 Å². The highest BCUT2D eigenvalue weighted by molar-refractivity contribution is 5.83. The minimum Gasteiger partial charge on any atom is -0.444 e. The summed E-state index contributed by atoms with van der Waals surface area (Å²) in [7, 11) is 0. The van der Waals surface area contributed by atoms with Crippen LogP contribution in [0.5, 0.6) is 0 Å². The lowest BCUT2D eigenvalue weighted by molar-refractivity contribution is -0.139. The van der Waals surface area contributed by atoms with Gasteiger partial charge in [-0.3, -0.25) is 4.79 Å². The van der Waals surface area contributed by atoms with E-state index in [9.17, 15) is 14.7 Å². The number of β-amino-alcohol motifs (C(OH)–C–C–N with tert-alkyl or cyclic N) is 1. The molecule has 2 aliphatic rings. The van der Waals surface area contributed by atoms with Gasteiger partial charge >= 0.3 is 6.09 Å². The van der Waals surface area contributed by atoms with Crippen molar-refractivity contribution in [1.29, 1.82) is 0 Å². The number of likely N-dealkylation sites (tertiary alicyclic amines) is 2. The number of rotatable bonds is 1. The molecule has 0 aromatic heterocycles. The molecule has 0 aromatic carbocycles. The second kappa shape index (κ2) is 5.00. The van der Waals surface area contributed by atoms with Crippen LogP contribution in [0.15, 0.2) is 0 Å². The average molecular weight is 270 g/mol. The van der Waals surface area contributed by atoms with Gasteiger partial charge in [-0.25, -0.2) is 4.79 Å². The number of nitrogens with zero attached hydrogens (tertiary/aromatic N) is 2. The van der Waals surface area contributed by atoms with Gasteiger partial charge in [0.1, 0.15) is 5.60 Å². The molecule has 0 unspecified atom stereocenters. The Morgan fingerprint density at radius 2 is 1.79 bits per heavy atom. The van der Waals surface area contributed by atoms with Crippen molar-refractivity contribution < 1.29 is 19.4 Å². The van der Waals surface area contributed by atoms with Crippen LogP contribution in [-0.2, 0) is 9.53 Å². The molecule has 1 N–H and O–H groups in total. The maximum atomic E-state index is 12.1. The van der Waals surface area contributed by atoms with Crippen LogP contribution in [0, 0.1) is 5.92 Å². The van der Waals surface area contributed by atoms with Crippen molar-refractivity contribution in [2.24, 2.45) is 5.92 Å². The predicted octanol–water partition coefficient (Wildman–Crippen LogP) is 0.447. The largest absolute Gasteiger partial charge is 0.444 e. The van der Waals surface area contributed by atoms with Crippen molar-refractivity contribution in [3.05, 3.63) is 0 Å². The highest BCUT2D eigenvalue weighted by Gasteiger charge is 2.40. The van der Waals surface area contributed by atoms with Gasteiger partial charge in [0.05, 0.1) is 12.0 Å². The van der Waals surface area contributed by atoms with Gasteiger partial charge in [-0.15, -0.1) is 0 Å². The molecule has 19 heavy (non-hydrogen) atoms. The fourth-order valence-corrected chi connectivity index (χ4v) is 2.31. The molecule has 0 bridgehead atoms. The Labute approximate surface area is 113 Å². The van der Waals surface area contributed by atoms with E-state index in [-0.39, 0.29) is 17.9 Å². The summed E-state index contributed by atoms with van der Waals surface area (Å²) in [6.45, 7) is 7.32. The van der Waals surface area contributed by atoms with Gasteiger partial charge in [0.25, 0.3) is 0 Å². The number of carbonyl (C=O) groups excluding carboxylic acids is 2. The summed E-state index contributed by atoms with van der Waals surface area (Å²) in [4.78, 5) is 27.0. The lowest BCUT2D eigenvalue weighted by Gasteiger charge is -2.40. The third-order valence-corrected chi connectivity index (χ3v) is 3.36. The van der Waals surface area contributed by atoms with Crippen LogP contribution in [0.3, 0.4) is 0 Å². The second-order valence-corrected chi connectivity index (χ2v) is 6.31. The number of aliphatic hydroxyl groups is 1. The summed E-state index contributed by atoms with van der Waals surface area (Å²) < 4.78 is 5.23. The van der Waals surface area contributed by atoms with Crippen molar-refractivity contribution in [3.8, 4) is 0 Å². The summed E-state index contributed by atoms with van der Waals surface area (Å²) in [5, 5.41) is 9.41. The van der Waals surface area contributed by atoms with E-state index in [0.717, 1.165) is 0 Å². The van der Waals surface area contributed by atoms with Gasteiger partial charge in [-0.2, -0.15) is 0 Å². The van der Waals surface area contributed by atoms with Crippen LogP contribution in [0.1, 0.15) is 27.2 Å². The molecule has 0 aromatic rings. The molecule has 1 atom stereocenters. The molecule has 0 aliphatic carbocycles. The Hall–Kier alpha value is -1.30. The Balaban J connectivity index is 1.77. The SMILES string of the molecule is CC(C)(C)OC(=O)N1CC(C(=O)N2CC[C@@H](O)C2)C1. The van der Waals surface area contributed by atoms with Gasteiger partial charge in [-0.1, -0.05) is 0 Å². The van der Waals surface area contributed by atoms with Gasteiger partial charge in [0.2, 0.25) is 5.91 Å². The van der Waals surface area contributed by atoms with Gasteiger partial charge < -0.3 is 19.6 Å². The molecule has 108 valence electrons. The number of ether oxygens (including phenoxy) is 1. The van der Waals surface area contributed by atoms with E-state index in [0.29, 0.717) is 32.6 Å². The average Bonchev–Trinajstić information content (AvgIpc) is 2.59. The van der Waals surface area contributed by atoms with Gasteiger partial charge in [-0.05, 0) is 27.2 Å². The highest BCUT2D eigenvalue weighted by atomic mass is 16.6. The third kappa shape index (κ3) is 3.37. The van der Waals surface area contributed by atoms with Crippen LogP contribution < -0.4 is 0 Å². The van der Waals surface area contributed by atoms with Crippen molar-refractivity contribution in [2.75, 3.05) is 26.2 Å². The zero-order valence-electron chi connectivity index (χ0n) is 11.8. The summed E-state index contributed by atoms with van der Waals surface area (Å²) in [5.74, 6) is -0.103. The monoisotopic (exact) mass is 270 g/mol. The molecule has 2 saturated heterocycles. The third-order valence-electron chi connectivity index (χ3n) is 3.36. The minimum atomic E-state index is -0.509. The van der Waals surface area contributed by atoms with E-state index in [2.05, 4.69) is 0 Å². The number of aliphatic hydroxyl groups excluding tert-OH is 1. The molecule has 6 heteroatoms. The van der Waals surface area contributed by atoms with Crippen LogP contribution in [0.2, 0.25) is 0 Å². The van der Waals surface area contributed by atoms with E-state index < -0.39 is 11.7 Å². The van der Waals surface area contributed by atoms with Crippen molar-refractivity contribution >= 4 is 12.0 Å². The van der Waals surface area contributed by atoms with Crippen LogP contribution in [0.4, 0.5) is 4.79 Å². The smallest absolute Gasteiger partial charge is 0.410 e. The molecule has 0 radical (unpaired) electrons. The normalized spacial score (nSPS) is 24.3. The first-order valence-corrected chi connectivity index (χ1v) is 6.71. The van der Waals surface area contributed by atoms with E-state index in [4.69, 9.17) is 4.74 Å². The zero-order chi connectivity index (χ0) is 14.2. The predicted molar refractivity (Wildman–Crippen MR) is 68.5 cm³/mol. The standard InChI is InChI=1S/C13H22N2O4/c1-13(2,3)19-12(18)15-6-9(7-15)11(17)14-5-4-10(16)8-14/h9-10,16H,4-8H2,1-3H3/t10-/m1/s1. The Bertz CT molecular complexity index is 371. The number of carbonyl (C=O) groups is 2. The molecule has 2 rings (SSSR count).